The molecule has 4 saturated heterocycles. The molecule has 8 nitrogen and oxygen atoms in total. The zero-order chi connectivity index (χ0) is 26.1. The van der Waals surface area contributed by atoms with Crippen molar-refractivity contribution in [2.75, 3.05) is 47.6 Å². The number of nitrogens with zero attached hydrogens (tertiary/aromatic N) is 2. The molecule has 14 heteroatoms. The predicted octanol–water partition coefficient (Wildman–Crippen LogP) is 3.36. The molecule has 4 aliphatic heterocycles. The zero-order valence-electron chi connectivity index (χ0n) is 20.3. The molecule has 4 fully saturated rings. The minimum atomic E-state index is -0.937. The molecule has 4 atom stereocenters. The molecule has 0 radical (unpaired) electrons. The monoisotopic (exact) mass is 612 g/mol. The first-order valence-corrected chi connectivity index (χ1v) is 18.4. The highest BCUT2D eigenvalue weighted by Crippen LogP contribution is 2.53. The van der Waals surface area contributed by atoms with Crippen molar-refractivity contribution < 1.29 is 29.4 Å². The number of carboxylic acid groups (broad SMARTS) is 2. The highest BCUT2D eigenvalue weighted by Gasteiger charge is 2.53. The van der Waals surface area contributed by atoms with E-state index in [-0.39, 0.29) is 31.8 Å². The van der Waals surface area contributed by atoms with Gasteiger partial charge in [0.2, 0.25) is 11.8 Å². The van der Waals surface area contributed by atoms with Gasteiger partial charge in [-0.25, -0.2) is 9.59 Å². The Bertz CT molecular complexity index is 811. The van der Waals surface area contributed by atoms with Gasteiger partial charge in [-0.2, -0.15) is 0 Å². The Morgan fingerprint density at radius 1 is 0.750 bits per heavy atom. The van der Waals surface area contributed by atoms with Crippen LogP contribution in [0.15, 0.2) is 0 Å². The molecule has 0 aromatic rings. The predicted molar refractivity (Wildman–Crippen MR) is 154 cm³/mol. The van der Waals surface area contributed by atoms with E-state index < -0.39 is 24.0 Å². The number of carboxylic acids is 2. The molecule has 36 heavy (non-hydrogen) atoms. The van der Waals surface area contributed by atoms with E-state index >= 15 is 0 Å². The quantitative estimate of drug-likeness (QED) is 0.294. The molecular weight excluding hydrogens is 581 g/mol. The molecule has 4 aliphatic rings. The molecule has 2 N–H and O–H groups in total. The number of carbonyl (C=O) groups excluding carboxylic acids is 2. The molecule has 4 rings (SSSR count). The van der Waals surface area contributed by atoms with Crippen molar-refractivity contribution in [2.24, 2.45) is 11.8 Å². The van der Waals surface area contributed by atoms with Gasteiger partial charge in [0.1, 0.15) is 12.1 Å². The lowest BCUT2D eigenvalue weighted by Gasteiger charge is -2.26. The van der Waals surface area contributed by atoms with Crippen LogP contribution in [0, 0.1) is 11.8 Å². The number of amides is 2. The number of thioether (sulfide) groups is 4. The first-order valence-electron chi connectivity index (χ1n) is 11.9. The van der Waals surface area contributed by atoms with Gasteiger partial charge in [-0.3, -0.25) is 9.59 Å². The lowest BCUT2D eigenvalue weighted by molar-refractivity contribution is -0.149. The number of rotatable bonds is 9. The second kappa shape index (κ2) is 12.0. The third-order valence-electron chi connectivity index (χ3n) is 6.91. The Labute approximate surface area is 236 Å². The van der Waals surface area contributed by atoms with Crippen LogP contribution in [0.1, 0.15) is 26.7 Å². The van der Waals surface area contributed by atoms with Crippen LogP contribution in [0.5, 0.6) is 0 Å². The van der Waals surface area contributed by atoms with Crippen LogP contribution < -0.4 is 0 Å². The summed E-state index contributed by atoms with van der Waals surface area (Å²) in [5.41, 5.74) is 0. The van der Waals surface area contributed by atoms with Crippen LogP contribution in [0.25, 0.3) is 0 Å². The summed E-state index contributed by atoms with van der Waals surface area (Å²) >= 11 is 7.09. The Hall–Kier alpha value is -0.0200. The lowest BCUT2D eigenvalue weighted by Crippen LogP contribution is -2.44. The van der Waals surface area contributed by atoms with E-state index in [1.54, 1.807) is 56.8 Å². The van der Waals surface area contributed by atoms with Gasteiger partial charge in [-0.15, -0.1) is 47.0 Å². The summed E-state index contributed by atoms with van der Waals surface area (Å²) in [4.78, 5) is 53.1. The minimum Gasteiger partial charge on any atom is -0.480 e. The molecule has 0 saturated carbocycles. The summed E-state index contributed by atoms with van der Waals surface area (Å²) in [5.74, 6) is 2.23. The Morgan fingerprint density at radius 3 is 1.39 bits per heavy atom. The first-order chi connectivity index (χ1) is 17.1. The molecule has 4 heterocycles. The van der Waals surface area contributed by atoms with E-state index in [0.717, 1.165) is 23.0 Å². The van der Waals surface area contributed by atoms with E-state index in [2.05, 4.69) is 0 Å². The topological polar surface area (TPSA) is 115 Å². The highest BCUT2D eigenvalue weighted by molar-refractivity contribution is 8.76. The van der Waals surface area contributed by atoms with Crippen LogP contribution in [0.4, 0.5) is 0 Å². The first kappa shape index (κ1) is 29.0. The van der Waals surface area contributed by atoms with Crippen LogP contribution in [-0.2, 0) is 19.2 Å². The largest absolute Gasteiger partial charge is 0.480 e. The van der Waals surface area contributed by atoms with Crippen molar-refractivity contribution in [2.45, 2.75) is 46.9 Å². The summed E-state index contributed by atoms with van der Waals surface area (Å²) < 4.78 is -0.374. The maximum absolute atomic E-state index is 13.1. The molecule has 0 bridgehead atoms. The van der Waals surface area contributed by atoms with Gasteiger partial charge < -0.3 is 20.0 Å². The standard InChI is InChI=1S/C22H32N2O6S6/c1-13(17(25)23-11-21(31-3-4-32-21)7-15(23)19(27)28)9-35-36-10-14(2)18(26)24-12-22(33-5-6-34-22)8-16(24)20(29)30/h13-16H,3-12H2,1-2H3,(H,27,28)(H,29,30)/t13?,14?,15-,16-/m0/s1. The summed E-state index contributed by atoms with van der Waals surface area (Å²) in [5, 5.41) is 19.4. The van der Waals surface area contributed by atoms with Gasteiger partial charge in [0.15, 0.2) is 0 Å². The van der Waals surface area contributed by atoms with Crippen molar-refractivity contribution >= 4 is 92.4 Å². The van der Waals surface area contributed by atoms with Crippen LogP contribution in [0.3, 0.4) is 0 Å². The Balaban J connectivity index is 1.24. The van der Waals surface area contributed by atoms with E-state index in [0.29, 0.717) is 37.4 Å². The lowest BCUT2D eigenvalue weighted by atomic mass is 10.1. The van der Waals surface area contributed by atoms with Gasteiger partial charge in [0.25, 0.3) is 0 Å². The zero-order valence-corrected chi connectivity index (χ0v) is 25.2. The number of hydrogen-bond acceptors (Lipinski definition) is 10. The molecule has 2 amide bonds. The van der Waals surface area contributed by atoms with Gasteiger partial charge in [0.05, 0.1) is 8.16 Å². The number of carbonyl (C=O) groups is 4. The Kier molecular flexibility index (Phi) is 9.67. The fourth-order valence-electron chi connectivity index (χ4n) is 5.00. The number of likely N-dealkylation sites (tertiary alicyclic amines) is 2. The summed E-state index contributed by atoms with van der Waals surface area (Å²) in [7, 11) is 3.02. The van der Waals surface area contributed by atoms with E-state index in [9.17, 15) is 29.4 Å². The van der Waals surface area contributed by atoms with Crippen molar-refractivity contribution in [1.29, 1.82) is 0 Å². The second-order valence-electron chi connectivity index (χ2n) is 9.63. The molecule has 2 spiro atoms. The number of aliphatic carboxylic acids is 2. The van der Waals surface area contributed by atoms with E-state index in [1.165, 1.54) is 21.6 Å². The second-order valence-corrected chi connectivity index (χ2v) is 18.6. The molecule has 0 aromatic carbocycles. The highest BCUT2D eigenvalue weighted by atomic mass is 33.1. The normalized spacial score (nSPS) is 28.2. The average Bonchev–Trinajstić information content (AvgIpc) is 3.64. The van der Waals surface area contributed by atoms with Crippen LogP contribution in [-0.4, -0.2) is 112 Å². The fraction of sp³-hybridized carbons (Fsp3) is 0.818. The van der Waals surface area contributed by atoms with Crippen molar-refractivity contribution in [1.82, 2.24) is 9.80 Å². The van der Waals surface area contributed by atoms with Gasteiger partial charge >= 0.3 is 11.9 Å². The van der Waals surface area contributed by atoms with Crippen molar-refractivity contribution in [3.63, 3.8) is 0 Å². The molecule has 0 aliphatic carbocycles. The summed E-state index contributed by atoms with van der Waals surface area (Å²) in [6.45, 7) is 4.62. The van der Waals surface area contributed by atoms with Gasteiger partial charge in [-0.05, 0) is 0 Å². The van der Waals surface area contributed by atoms with Crippen molar-refractivity contribution in [3.8, 4) is 0 Å². The molecule has 2 unspecified atom stereocenters. The van der Waals surface area contributed by atoms with Gasteiger partial charge in [-0.1, -0.05) is 35.4 Å². The fourth-order valence-corrected chi connectivity index (χ4v) is 14.2. The van der Waals surface area contributed by atoms with E-state index in [1.807, 2.05) is 13.8 Å². The third-order valence-corrected chi connectivity index (χ3v) is 16.5. The Morgan fingerprint density at radius 2 is 1.08 bits per heavy atom. The third kappa shape index (κ3) is 6.24. The van der Waals surface area contributed by atoms with Crippen molar-refractivity contribution in [3.05, 3.63) is 0 Å². The summed E-state index contributed by atoms with van der Waals surface area (Å²) in [6, 6.07) is -1.54. The van der Waals surface area contributed by atoms with Gasteiger partial charge in [0, 0.05) is 72.3 Å². The summed E-state index contributed by atoms with van der Waals surface area (Å²) in [6.07, 6.45) is 0.980. The smallest absolute Gasteiger partial charge is 0.326 e. The van der Waals surface area contributed by atoms with Crippen LogP contribution >= 0.6 is 68.6 Å². The minimum absolute atomic E-state index is 0.122. The average molecular weight is 613 g/mol. The maximum Gasteiger partial charge on any atom is 0.326 e. The molecule has 202 valence electrons. The van der Waals surface area contributed by atoms with E-state index in [4.69, 9.17) is 0 Å². The molecule has 0 aromatic heterocycles. The molecular formula is C22H32N2O6S6. The number of hydrogen-bond donors (Lipinski definition) is 2. The van der Waals surface area contributed by atoms with Crippen LogP contribution in [0.2, 0.25) is 0 Å². The SMILES string of the molecule is CC(CSSCC(C)C(=O)N1CC2(C[C@H]1C(=O)O)SCCS2)C(=O)N1CC2(C[C@H]1C(=O)O)SCCS2. The maximum atomic E-state index is 13.1.